The summed E-state index contributed by atoms with van der Waals surface area (Å²) in [5.74, 6) is 0.197. The van der Waals surface area contributed by atoms with Crippen LogP contribution in [0.2, 0.25) is 0 Å². The van der Waals surface area contributed by atoms with E-state index in [0.717, 1.165) is 43.7 Å². The number of hydrogen-bond donors (Lipinski definition) is 1. The lowest BCUT2D eigenvalue weighted by molar-refractivity contribution is -0.134. The predicted octanol–water partition coefficient (Wildman–Crippen LogP) is 3.42. The molecule has 7 heteroatoms. The molecular formula is C20H28Cl2N4O. The first kappa shape index (κ1) is 23.3. The topological polar surface area (TPSA) is 58.1 Å². The Bertz CT molecular complexity index is 650. The standard InChI is InChI=1S/C20H26N4O.2ClH/c25-20(10-9-17-6-1-3-13-22-17)24(16-18-7-2-4-14-23-18)19-8-5-12-21-15-11-19;;/h1-4,6-7,13-14,19,21H,5,8-12,15-16H2;2*1H. The molecule has 5 nitrogen and oxygen atoms in total. The monoisotopic (exact) mass is 410 g/mol. The lowest BCUT2D eigenvalue weighted by Crippen LogP contribution is -2.40. The van der Waals surface area contributed by atoms with Gasteiger partial charge in [0.2, 0.25) is 5.91 Å². The molecule has 1 aliphatic heterocycles. The zero-order valence-electron chi connectivity index (χ0n) is 15.4. The highest BCUT2D eigenvalue weighted by Gasteiger charge is 2.24. The molecule has 3 heterocycles. The summed E-state index contributed by atoms with van der Waals surface area (Å²) in [6.45, 7) is 2.60. The van der Waals surface area contributed by atoms with Gasteiger partial charge in [0.1, 0.15) is 0 Å². The van der Waals surface area contributed by atoms with Crippen molar-refractivity contribution in [1.29, 1.82) is 0 Å². The second kappa shape index (κ2) is 12.7. The smallest absolute Gasteiger partial charge is 0.223 e. The molecule has 0 radical (unpaired) electrons. The fraction of sp³-hybridized carbons (Fsp3) is 0.450. The first-order valence-electron chi connectivity index (χ1n) is 9.13. The van der Waals surface area contributed by atoms with Crippen LogP contribution in [-0.2, 0) is 17.8 Å². The van der Waals surface area contributed by atoms with E-state index in [1.807, 2.05) is 41.3 Å². The fourth-order valence-electron chi connectivity index (χ4n) is 3.32. The Morgan fingerprint density at radius 1 is 1.00 bits per heavy atom. The summed E-state index contributed by atoms with van der Waals surface area (Å²) in [7, 11) is 0. The number of nitrogens with zero attached hydrogens (tertiary/aromatic N) is 3. The zero-order valence-corrected chi connectivity index (χ0v) is 17.1. The molecular weight excluding hydrogens is 383 g/mol. The molecule has 3 rings (SSSR count). The van der Waals surface area contributed by atoms with Gasteiger partial charge in [-0.3, -0.25) is 14.8 Å². The number of halogens is 2. The minimum absolute atomic E-state index is 0. The van der Waals surface area contributed by atoms with Crippen LogP contribution < -0.4 is 5.32 Å². The molecule has 2 aromatic heterocycles. The number of carbonyl (C=O) groups is 1. The molecule has 2 aromatic rings. The molecule has 0 bridgehead atoms. The molecule has 1 saturated heterocycles. The summed E-state index contributed by atoms with van der Waals surface area (Å²) in [6, 6.07) is 12.0. The van der Waals surface area contributed by atoms with Gasteiger partial charge in [-0.15, -0.1) is 24.8 Å². The lowest BCUT2D eigenvalue weighted by Gasteiger charge is -2.31. The van der Waals surface area contributed by atoms with Crippen molar-refractivity contribution in [2.45, 2.75) is 44.7 Å². The van der Waals surface area contributed by atoms with Crippen LogP contribution in [0.3, 0.4) is 0 Å². The average molecular weight is 411 g/mol. The molecule has 0 aliphatic carbocycles. The third-order valence-corrected chi connectivity index (χ3v) is 4.69. The molecule has 1 aliphatic rings. The summed E-state index contributed by atoms with van der Waals surface area (Å²) in [5.41, 5.74) is 1.92. The van der Waals surface area contributed by atoms with Crippen LogP contribution in [-0.4, -0.2) is 39.9 Å². The first-order chi connectivity index (χ1) is 12.3. The maximum Gasteiger partial charge on any atom is 0.223 e. The van der Waals surface area contributed by atoms with Gasteiger partial charge in [0, 0.05) is 30.6 Å². The van der Waals surface area contributed by atoms with E-state index in [1.54, 1.807) is 12.4 Å². The Kier molecular flexibility index (Phi) is 10.9. The summed E-state index contributed by atoms with van der Waals surface area (Å²) >= 11 is 0. The highest BCUT2D eigenvalue weighted by Crippen LogP contribution is 2.18. The van der Waals surface area contributed by atoms with Crippen LogP contribution >= 0.6 is 24.8 Å². The molecule has 1 atom stereocenters. The van der Waals surface area contributed by atoms with Crippen LogP contribution in [0.4, 0.5) is 0 Å². The van der Waals surface area contributed by atoms with E-state index >= 15 is 0 Å². The molecule has 27 heavy (non-hydrogen) atoms. The second-order valence-electron chi connectivity index (χ2n) is 6.50. The van der Waals surface area contributed by atoms with Gasteiger partial charge in [-0.2, -0.15) is 0 Å². The summed E-state index contributed by atoms with van der Waals surface area (Å²) in [4.78, 5) is 23.8. The Balaban J connectivity index is 0.00000182. The SMILES string of the molecule is Cl.Cl.O=C(CCc1ccccn1)N(Cc1ccccn1)C1CCCNCC1. The van der Waals surface area contributed by atoms with E-state index < -0.39 is 0 Å². The maximum absolute atomic E-state index is 13.0. The number of pyridine rings is 2. The van der Waals surface area contributed by atoms with Crippen molar-refractivity contribution < 1.29 is 4.79 Å². The Labute approximate surface area is 173 Å². The molecule has 0 aromatic carbocycles. The third kappa shape index (κ3) is 7.45. The normalized spacial score (nSPS) is 16.4. The number of amides is 1. The molecule has 1 unspecified atom stereocenters. The predicted molar refractivity (Wildman–Crippen MR) is 112 cm³/mol. The van der Waals surface area contributed by atoms with Crippen molar-refractivity contribution >= 4 is 30.7 Å². The molecule has 0 saturated carbocycles. The highest BCUT2D eigenvalue weighted by atomic mass is 35.5. The molecule has 148 valence electrons. The number of hydrogen-bond acceptors (Lipinski definition) is 4. The fourth-order valence-corrected chi connectivity index (χ4v) is 3.32. The molecule has 0 spiro atoms. The number of aromatic nitrogens is 2. The van der Waals surface area contributed by atoms with E-state index in [1.165, 1.54) is 0 Å². The zero-order chi connectivity index (χ0) is 17.3. The minimum Gasteiger partial charge on any atom is -0.334 e. The van der Waals surface area contributed by atoms with E-state index in [9.17, 15) is 4.79 Å². The number of carbonyl (C=O) groups excluding carboxylic acids is 1. The highest BCUT2D eigenvalue weighted by molar-refractivity contribution is 5.85. The Morgan fingerprint density at radius 3 is 2.37 bits per heavy atom. The van der Waals surface area contributed by atoms with Gasteiger partial charge in [-0.25, -0.2) is 0 Å². The van der Waals surface area contributed by atoms with E-state index in [4.69, 9.17) is 0 Å². The van der Waals surface area contributed by atoms with Crippen molar-refractivity contribution in [1.82, 2.24) is 20.2 Å². The van der Waals surface area contributed by atoms with Crippen molar-refractivity contribution in [3.63, 3.8) is 0 Å². The molecule has 1 fully saturated rings. The van der Waals surface area contributed by atoms with Crippen LogP contribution in [0.25, 0.3) is 0 Å². The van der Waals surface area contributed by atoms with Crippen molar-refractivity contribution in [2.24, 2.45) is 0 Å². The first-order valence-corrected chi connectivity index (χ1v) is 9.13. The third-order valence-electron chi connectivity index (χ3n) is 4.69. The molecule has 1 amide bonds. The van der Waals surface area contributed by atoms with Gasteiger partial charge in [0.15, 0.2) is 0 Å². The summed E-state index contributed by atoms with van der Waals surface area (Å²) in [6.07, 6.45) is 7.91. The van der Waals surface area contributed by atoms with Gasteiger partial charge >= 0.3 is 0 Å². The summed E-state index contributed by atoms with van der Waals surface area (Å²) < 4.78 is 0. The number of aryl methyl sites for hydroxylation is 1. The van der Waals surface area contributed by atoms with Crippen LogP contribution in [0.5, 0.6) is 0 Å². The average Bonchev–Trinajstić information content (AvgIpc) is 2.95. The van der Waals surface area contributed by atoms with Crippen molar-refractivity contribution in [3.05, 3.63) is 60.2 Å². The van der Waals surface area contributed by atoms with Crippen LogP contribution in [0.1, 0.15) is 37.1 Å². The van der Waals surface area contributed by atoms with Crippen molar-refractivity contribution in [2.75, 3.05) is 13.1 Å². The van der Waals surface area contributed by atoms with Crippen LogP contribution in [0.15, 0.2) is 48.8 Å². The quantitative estimate of drug-likeness (QED) is 0.792. The van der Waals surface area contributed by atoms with Gasteiger partial charge in [-0.1, -0.05) is 12.1 Å². The number of nitrogens with one attached hydrogen (secondary N) is 1. The van der Waals surface area contributed by atoms with E-state index in [2.05, 4.69) is 15.3 Å². The lowest BCUT2D eigenvalue weighted by atomic mass is 10.1. The Morgan fingerprint density at radius 2 is 1.70 bits per heavy atom. The maximum atomic E-state index is 13.0. The number of rotatable bonds is 6. The Hall–Kier alpha value is -1.69. The summed E-state index contributed by atoms with van der Waals surface area (Å²) in [5, 5.41) is 3.43. The minimum atomic E-state index is 0. The van der Waals surface area contributed by atoms with Crippen molar-refractivity contribution in [3.8, 4) is 0 Å². The van der Waals surface area contributed by atoms with Gasteiger partial charge < -0.3 is 10.2 Å². The van der Waals surface area contributed by atoms with Gasteiger partial charge in [0.05, 0.1) is 12.2 Å². The largest absolute Gasteiger partial charge is 0.334 e. The van der Waals surface area contributed by atoms with Gasteiger partial charge in [-0.05, 0) is 63.0 Å². The van der Waals surface area contributed by atoms with E-state index in [-0.39, 0.29) is 36.8 Å². The van der Waals surface area contributed by atoms with E-state index in [0.29, 0.717) is 19.4 Å². The van der Waals surface area contributed by atoms with Gasteiger partial charge in [0.25, 0.3) is 0 Å². The molecule has 1 N–H and O–H groups in total. The second-order valence-corrected chi connectivity index (χ2v) is 6.50. The van der Waals surface area contributed by atoms with Crippen LogP contribution in [0, 0.1) is 0 Å².